The maximum atomic E-state index is 4.67. The van der Waals surface area contributed by atoms with E-state index in [0.29, 0.717) is 0 Å². The second-order valence-electron chi connectivity index (χ2n) is 5.39. The molecule has 0 amide bonds. The van der Waals surface area contributed by atoms with E-state index in [-0.39, 0.29) is 0 Å². The van der Waals surface area contributed by atoms with Crippen LogP contribution in [0, 0.1) is 0 Å². The highest BCUT2D eigenvalue weighted by molar-refractivity contribution is 5.73. The van der Waals surface area contributed by atoms with E-state index in [4.69, 9.17) is 0 Å². The molecular weight excluding hydrogens is 246 g/mol. The van der Waals surface area contributed by atoms with Crippen molar-refractivity contribution in [3.63, 3.8) is 0 Å². The van der Waals surface area contributed by atoms with Crippen LogP contribution < -0.4 is 0 Å². The third-order valence-electron chi connectivity index (χ3n) is 3.33. The van der Waals surface area contributed by atoms with Crippen molar-refractivity contribution in [2.75, 3.05) is 13.1 Å². The number of piperidine rings is 1. The van der Waals surface area contributed by atoms with Crippen LogP contribution in [0.3, 0.4) is 0 Å². The number of likely N-dealkylation sites (tertiary alicyclic amines) is 1. The molecular formula is C17H25N3. The van der Waals surface area contributed by atoms with Crippen LogP contribution >= 0.6 is 0 Å². The molecule has 1 saturated heterocycles. The van der Waals surface area contributed by atoms with Crippen molar-refractivity contribution in [1.82, 2.24) is 14.9 Å². The van der Waals surface area contributed by atoms with Gasteiger partial charge in [-0.05, 0) is 38.1 Å². The van der Waals surface area contributed by atoms with Crippen molar-refractivity contribution in [2.45, 2.75) is 46.1 Å². The Morgan fingerprint density at radius 1 is 1.00 bits per heavy atom. The summed E-state index contributed by atoms with van der Waals surface area (Å²) in [6.07, 6.45) is 7.18. The van der Waals surface area contributed by atoms with E-state index in [1.165, 1.54) is 38.8 Å². The second kappa shape index (κ2) is 7.95. The van der Waals surface area contributed by atoms with Crippen LogP contribution in [0.4, 0.5) is 0 Å². The Kier molecular flexibility index (Phi) is 5.93. The van der Waals surface area contributed by atoms with Gasteiger partial charge in [0, 0.05) is 6.54 Å². The molecule has 3 nitrogen and oxygen atoms in total. The lowest BCUT2D eigenvalue weighted by atomic mass is 10.1. The number of fused-ring (bicyclic) bond motifs is 1. The number of hydrogen-bond acceptors (Lipinski definition) is 3. The Labute approximate surface area is 122 Å². The summed E-state index contributed by atoms with van der Waals surface area (Å²) < 4.78 is 0. The third-order valence-corrected chi connectivity index (χ3v) is 3.33. The predicted molar refractivity (Wildman–Crippen MR) is 84.6 cm³/mol. The van der Waals surface area contributed by atoms with Crippen LogP contribution in [0.15, 0.2) is 30.5 Å². The molecule has 0 saturated carbocycles. The summed E-state index contributed by atoms with van der Waals surface area (Å²) in [6.45, 7) is 7.60. The van der Waals surface area contributed by atoms with Gasteiger partial charge in [0.15, 0.2) is 0 Å². The SMILES string of the molecule is CCC.c1ccc2nc(CN3CCCCC3)cnc2c1. The molecule has 0 aliphatic carbocycles. The summed E-state index contributed by atoms with van der Waals surface area (Å²) >= 11 is 0. The predicted octanol–water partition coefficient (Wildman–Crippen LogP) is 4.03. The molecule has 0 bridgehead atoms. The summed E-state index contributed by atoms with van der Waals surface area (Å²) in [7, 11) is 0. The first-order valence-electron chi connectivity index (χ1n) is 7.76. The van der Waals surface area contributed by atoms with Gasteiger partial charge in [-0.25, -0.2) is 4.98 Å². The molecule has 3 heteroatoms. The Balaban J connectivity index is 0.000000452. The molecule has 0 N–H and O–H groups in total. The lowest BCUT2D eigenvalue weighted by Crippen LogP contribution is -2.29. The summed E-state index contributed by atoms with van der Waals surface area (Å²) in [5, 5.41) is 0. The summed E-state index contributed by atoms with van der Waals surface area (Å²) in [5.74, 6) is 0. The fraction of sp³-hybridized carbons (Fsp3) is 0.529. The minimum absolute atomic E-state index is 0.942. The van der Waals surface area contributed by atoms with Gasteiger partial charge in [0.05, 0.1) is 22.9 Å². The lowest BCUT2D eigenvalue weighted by Gasteiger charge is -2.25. The van der Waals surface area contributed by atoms with Crippen LogP contribution in [0.25, 0.3) is 11.0 Å². The summed E-state index contributed by atoms with van der Waals surface area (Å²) in [6, 6.07) is 8.05. The van der Waals surface area contributed by atoms with Crippen LogP contribution in [-0.2, 0) is 6.54 Å². The molecule has 108 valence electrons. The van der Waals surface area contributed by atoms with Gasteiger partial charge in [0.25, 0.3) is 0 Å². The number of nitrogens with zero attached hydrogens (tertiary/aromatic N) is 3. The molecule has 1 aromatic heterocycles. The molecule has 0 radical (unpaired) electrons. The number of para-hydroxylation sites is 2. The molecule has 0 unspecified atom stereocenters. The van der Waals surface area contributed by atoms with Crippen LogP contribution in [0.1, 0.15) is 45.2 Å². The van der Waals surface area contributed by atoms with Crippen LogP contribution in [0.5, 0.6) is 0 Å². The average molecular weight is 271 g/mol. The Morgan fingerprint density at radius 2 is 1.65 bits per heavy atom. The molecule has 0 atom stereocenters. The van der Waals surface area contributed by atoms with Crippen molar-refractivity contribution in [1.29, 1.82) is 0 Å². The van der Waals surface area contributed by atoms with Gasteiger partial charge in [-0.2, -0.15) is 0 Å². The molecule has 2 heterocycles. The first-order chi connectivity index (χ1) is 9.83. The van der Waals surface area contributed by atoms with E-state index in [1.807, 2.05) is 30.5 Å². The van der Waals surface area contributed by atoms with Gasteiger partial charge in [-0.15, -0.1) is 0 Å². The second-order valence-corrected chi connectivity index (χ2v) is 5.39. The standard InChI is InChI=1S/C14H17N3.C3H8/c1-4-8-17(9-5-1)11-12-10-15-13-6-2-3-7-14(13)16-12;1-3-2/h2-3,6-7,10H,1,4-5,8-9,11H2;3H2,1-2H3. The quantitative estimate of drug-likeness (QED) is 0.825. The topological polar surface area (TPSA) is 29.0 Å². The lowest BCUT2D eigenvalue weighted by molar-refractivity contribution is 0.218. The minimum Gasteiger partial charge on any atom is -0.297 e. The van der Waals surface area contributed by atoms with E-state index >= 15 is 0 Å². The monoisotopic (exact) mass is 271 g/mol. The first kappa shape index (κ1) is 14.9. The smallest absolute Gasteiger partial charge is 0.0890 e. The fourth-order valence-electron chi connectivity index (χ4n) is 2.42. The largest absolute Gasteiger partial charge is 0.297 e. The maximum absolute atomic E-state index is 4.67. The highest BCUT2D eigenvalue weighted by Gasteiger charge is 2.11. The number of rotatable bonds is 2. The molecule has 1 aromatic carbocycles. The van der Waals surface area contributed by atoms with E-state index < -0.39 is 0 Å². The first-order valence-corrected chi connectivity index (χ1v) is 7.76. The normalized spacial score (nSPS) is 15.7. The van der Waals surface area contributed by atoms with Crippen molar-refractivity contribution in [3.8, 4) is 0 Å². The Morgan fingerprint density at radius 3 is 2.35 bits per heavy atom. The minimum atomic E-state index is 0.942. The highest BCUT2D eigenvalue weighted by atomic mass is 15.1. The van der Waals surface area contributed by atoms with E-state index in [9.17, 15) is 0 Å². The van der Waals surface area contributed by atoms with E-state index in [1.54, 1.807) is 0 Å². The summed E-state index contributed by atoms with van der Waals surface area (Å²) in [5.41, 5.74) is 3.07. The Hall–Kier alpha value is -1.48. The average Bonchev–Trinajstić information content (AvgIpc) is 2.49. The summed E-state index contributed by atoms with van der Waals surface area (Å²) in [4.78, 5) is 11.6. The number of aromatic nitrogens is 2. The number of benzene rings is 1. The van der Waals surface area contributed by atoms with Gasteiger partial charge in [-0.1, -0.05) is 38.8 Å². The van der Waals surface area contributed by atoms with E-state index in [0.717, 1.165) is 23.3 Å². The number of hydrogen-bond donors (Lipinski definition) is 0. The third kappa shape index (κ3) is 4.27. The molecule has 3 rings (SSSR count). The molecule has 2 aromatic rings. The van der Waals surface area contributed by atoms with Gasteiger partial charge >= 0.3 is 0 Å². The maximum Gasteiger partial charge on any atom is 0.0890 e. The zero-order valence-electron chi connectivity index (χ0n) is 12.7. The zero-order valence-corrected chi connectivity index (χ0v) is 12.7. The molecule has 1 fully saturated rings. The molecule has 1 aliphatic heterocycles. The highest BCUT2D eigenvalue weighted by Crippen LogP contribution is 2.13. The van der Waals surface area contributed by atoms with Crippen LogP contribution in [0.2, 0.25) is 0 Å². The molecule has 20 heavy (non-hydrogen) atoms. The van der Waals surface area contributed by atoms with Crippen molar-refractivity contribution < 1.29 is 0 Å². The Bertz CT molecular complexity index is 518. The van der Waals surface area contributed by atoms with Gasteiger partial charge in [0.1, 0.15) is 0 Å². The van der Waals surface area contributed by atoms with E-state index in [2.05, 4.69) is 28.7 Å². The molecule has 0 spiro atoms. The fourth-order valence-corrected chi connectivity index (χ4v) is 2.42. The van der Waals surface area contributed by atoms with Gasteiger partial charge < -0.3 is 0 Å². The zero-order chi connectivity index (χ0) is 14.2. The van der Waals surface area contributed by atoms with Crippen LogP contribution in [-0.4, -0.2) is 28.0 Å². The van der Waals surface area contributed by atoms with Crippen molar-refractivity contribution in [2.24, 2.45) is 0 Å². The van der Waals surface area contributed by atoms with Crippen molar-refractivity contribution >= 4 is 11.0 Å². The molecule has 1 aliphatic rings. The van der Waals surface area contributed by atoms with Crippen molar-refractivity contribution in [3.05, 3.63) is 36.2 Å². The van der Waals surface area contributed by atoms with Gasteiger partial charge in [0.2, 0.25) is 0 Å². The van der Waals surface area contributed by atoms with Gasteiger partial charge in [-0.3, -0.25) is 9.88 Å².